The van der Waals surface area contributed by atoms with E-state index in [1.165, 1.54) is 6.07 Å². The lowest BCUT2D eigenvalue weighted by Crippen LogP contribution is -2.29. The van der Waals surface area contributed by atoms with Crippen molar-refractivity contribution in [2.45, 2.75) is 19.3 Å². The van der Waals surface area contributed by atoms with E-state index in [0.29, 0.717) is 47.0 Å². The summed E-state index contributed by atoms with van der Waals surface area (Å²) >= 11 is 18.4. The van der Waals surface area contributed by atoms with Crippen LogP contribution in [0.25, 0.3) is 0 Å². The van der Waals surface area contributed by atoms with E-state index in [1.54, 1.807) is 24.3 Å². The minimum absolute atomic E-state index is 0. The molecule has 35 heavy (non-hydrogen) atoms. The van der Waals surface area contributed by atoms with Gasteiger partial charge in [-0.15, -0.1) is 17.0 Å². The van der Waals surface area contributed by atoms with Crippen molar-refractivity contribution in [1.82, 2.24) is 9.80 Å². The summed E-state index contributed by atoms with van der Waals surface area (Å²) in [5.41, 5.74) is 2.62. The van der Waals surface area contributed by atoms with Crippen LogP contribution in [0.15, 0.2) is 79.1 Å². The molecule has 0 bridgehead atoms. The first-order valence-corrected chi connectivity index (χ1v) is 11.7. The molecule has 184 valence electrons. The Bertz CT molecular complexity index is 1190. The highest BCUT2D eigenvalue weighted by atomic mass is 79.9. The van der Waals surface area contributed by atoms with Crippen LogP contribution in [0.3, 0.4) is 0 Å². The number of ether oxygens (including phenoxy) is 1. The summed E-state index contributed by atoms with van der Waals surface area (Å²) in [5.74, 6) is 0. The van der Waals surface area contributed by atoms with Crippen molar-refractivity contribution in [3.63, 3.8) is 0 Å². The van der Waals surface area contributed by atoms with Gasteiger partial charge in [-0.25, -0.2) is 0 Å². The van der Waals surface area contributed by atoms with E-state index in [4.69, 9.17) is 39.5 Å². The molecule has 0 amide bonds. The lowest BCUT2D eigenvalue weighted by atomic mass is 10.1. The van der Waals surface area contributed by atoms with Gasteiger partial charge in [-0.05, 0) is 35.4 Å². The number of nitro groups is 1. The smallest absolute Gasteiger partial charge is 0.274 e. The van der Waals surface area contributed by atoms with Crippen molar-refractivity contribution in [1.29, 1.82) is 0 Å². The summed E-state index contributed by atoms with van der Waals surface area (Å²) in [6.45, 7) is 1.93. The van der Waals surface area contributed by atoms with E-state index >= 15 is 0 Å². The topological polar surface area (TPSA) is 58.9 Å². The Labute approximate surface area is 229 Å². The summed E-state index contributed by atoms with van der Waals surface area (Å²) in [6.07, 6.45) is 3.65. The van der Waals surface area contributed by atoms with Crippen LogP contribution in [0.5, 0.6) is 0 Å². The zero-order valence-electron chi connectivity index (χ0n) is 18.5. The second-order valence-corrected chi connectivity index (χ2v) is 9.21. The van der Waals surface area contributed by atoms with Crippen LogP contribution in [0, 0.1) is 10.1 Å². The van der Waals surface area contributed by atoms with Gasteiger partial charge < -0.3 is 14.5 Å². The fourth-order valence-corrected chi connectivity index (χ4v) is 4.34. The molecular formula is C25H23BrCl3N3O3. The molecule has 10 heteroatoms. The van der Waals surface area contributed by atoms with Crippen LogP contribution in [-0.4, -0.2) is 27.9 Å². The molecule has 3 aromatic carbocycles. The van der Waals surface area contributed by atoms with Gasteiger partial charge in [0, 0.05) is 45.6 Å². The van der Waals surface area contributed by atoms with Gasteiger partial charge in [0.25, 0.3) is 5.69 Å². The van der Waals surface area contributed by atoms with E-state index in [2.05, 4.69) is 4.90 Å². The van der Waals surface area contributed by atoms with E-state index in [0.717, 1.165) is 11.1 Å². The molecule has 1 aliphatic heterocycles. The van der Waals surface area contributed by atoms with Crippen molar-refractivity contribution in [2.24, 2.45) is 0 Å². The molecule has 0 saturated carbocycles. The SMILES string of the molecule is Br.O=[N+]([O-])c1ccccc1CN1C=CN(CC(OCc2ccc(Cl)cc2Cl)c2ccc(Cl)cc2)C1. The first kappa shape index (κ1) is 27.3. The van der Waals surface area contributed by atoms with E-state index in [9.17, 15) is 10.1 Å². The Hall–Kier alpha value is -2.29. The maximum absolute atomic E-state index is 11.3. The normalized spacial score (nSPS) is 13.6. The lowest BCUT2D eigenvalue weighted by molar-refractivity contribution is -0.385. The minimum atomic E-state index is -0.348. The second-order valence-electron chi connectivity index (χ2n) is 7.93. The number of hydrogen-bond donors (Lipinski definition) is 0. The molecule has 0 fully saturated rings. The highest BCUT2D eigenvalue weighted by molar-refractivity contribution is 8.93. The minimum Gasteiger partial charge on any atom is -0.367 e. The third-order valence-electron chi connectivity index (χ3n) is 5.51. The molecule has 3 aromatic rings. The van der Waals surface area contributed by atoms with Crippen LogP contribution < -0.4 is 0 Å². The van der Waals surface area contributed by atoms with Crippen molar-refractivity contribution >= 4 is 57.5 Å². The van der Waals surface area contributed by atoms with Gasteiger partial charge >= 0.3 is 0 Å². The Balaban J connectivity index is 0.00000342. The largest absolute Gasteiger partial charge is 0.367 e. The zero-order valence-corrected chi connectivity index (χ0v) is 22.5. The summed E-state index contributed by atoms with van der Waals surface area (Å²) in [5, 5.41) is 13.1. The monoisotopic (exact) mass is 597 g/mol. The highest BCUT2D eigenvalue weighted by Crippen LogP contribution is 2.28. The van der Waals surface area contributed by atoms with Gasteiger partial charge in [0.15, 0.2) is 0 Å². The summed E-state index contributed by atoms with van der Waals surface area (Å²) in [7, 11) is 0. The highest BCUT2D eigenvalue weighted by Gasteiger charge is 2.22. The summed E-state index contributed by atoms with van der Waals surface area (Å²) < 4.78 is 6.29. The predicted octanol–water partition coefficient (Wildman–Crippen LogP) is 7.64. The summed E-state index contributed by atoms with van der Waals surface area (Å²) in [6, 6.07) is 19.7. The molecule has 1 atom stereocenters. The maximum Gasteiger partial charge on any atom is 0.274 e. The van der Waals surface area contributed by atoms with Gasteiger partial charge in [-0.1, -0.05) is 71.2 Å². The third-order valence-corrected chi connectivity index (χ3v) is 6.35. The average molecular weight is 600 g/mol. The quantitative estimate of drug-likeness (QED) is 0.187. The van der Waals surface area contributed by atoms with Crippen LogP contribution >= 0.6 is 51.8 Å². The molecule has 1 unspecified atom stereocenters. The molecule has 0 spiro atoms. The molecule has 0 aromatic heterocycles. The second kappa shape index (κ2) is 12.6. The molecular weight excluding hydrogens is 577 g/mol. The van der Waals surface area contributed by atoms with Crippen LogP contribution in [-0.2, 0) is 17.9 Å². The first-order valence-electron chi connectivity index (χ1n) is 10.6. The number of para-hydroxylation sites is 1. The number of nitrogens with zero attached hydrogens (tertiary/aromatic N) is 3. The van der Waals surface area contributed by atoms with Gasteiger partial charge in [0.1, 0.15) is 6.10 Å². The Morgan fingerprint density at radius 1 is 0.914 bits per heavy atom. The van der Waals surface area contributed by atoms with Crippen LogP contribution in [0.1, 0.15) is 22.8 Å². The molecule has 6 nitrogen and oxygen atoms in total. The Morgan fingerprint density at radius 2 is 1.60 bits per heavy atom. The first-order chi connectivity index (χ1) is 16.4. The molecule has 4 rings (SSSR count). The number of halogens is 4. The van der Waals surface area contributed by atoms with E-state index in [1.807, 2.05) is 53.7 Å². The molecule has 0 aliphatic carbocycles. The number of rotatable bonds is 9. The van der Waals surface area contributed by atoms with Crippen LogP contribution in [0.2, 0.25) is 15.1 Å². The average Bonchev–Trinajstić information content (AvgIpc) is 3.25. The standard InChI is InChI=1S/C25H22Cl3N3O3.BrH/c26-21-8-5-18(6-9-21)25(34-16-20-7-10-22(27)13-23(20)28)15-30-12-11-29(17-30)14-19-3-1-2-4-24(19)31(32)33;/h1-13,25H,14-17H2;1H. The van der Waals surface area contributed by atoms with Crippen LogP contribution in [0.4, 0.5) is 5.69 Å². The summed E-state index contributed by atoms with van der Waals surface area (Å²) in [4.78, 5) is 15.1. The van der Waals surface area contributed by atoms with Crippen molar-refractivity contribution < 1.29 is 9.66 Å². The van der Waals surface area contributed by atoms with Gasteiger partial charge in [0.2, 0.25) is 0 Å². The van der Waals surface area contributed by atoms with E-state index < -0.39 is 0 Å². The predicted molar refractivity (Wildman–Crippen MR) is 145 cm³/mol. The molecule has 0 radical (unpaired) electrons. The molecule has 1 aliphatic rings. The van der Waals surface area contributed by atoms with Gasteiger partial charge in [-0.2, -0.15) is 0 Å². The van der Waals surface area contributed by atoms with Gasteiger partial charge in [-0.3, -0.25) is 10.1 Å². The fraction of sp³-hybridized carbons (Fsp3) is 0.200. The van der Waals surface area contributed by atoms with Crippen molar-refractivity contribution in [3.8, 4) is 0 Å². The Kier molecular flexibility index (Phi) is 9.83. The molecule has 0 N–H and O–H groups in total. The number of hydrogen-bond acceptors (Lipinski definition) is 5. The Morgan fingerprint density at radius 3 is 2.31 bits per heavy atom. The number of nitro benzene ring substituents is 1. The van der Waals surface area contributed by atoms with E-state index in [-0.39, 0.29) is 33.7 Å². The fourth-order valence-electron chi connectivity index (χ4n) is 3.75. The maximum atomic E-state index is 11.3. The third kappa shape index (κ3) is 7.35. The van der Waals surface area contributed by atoms with Crippen molar-refractivity contribution in [2.75, 3.05) is 13.2 Å². The molecule has 1 heterocycles. The number of benzene rings is 3. The van der Waals surface area contributed by atoms with Gasteiger partial charge in [0.05, 0.1) is 24.7 Å². The van der Waals surface area contributed by atoms with Crippen molar-refractivity contribution in [3.05, 3.63) is 121 Å². The zero-order chi connectivity index (χ0) is 24.1. The molecule has 0 saturated heterocycles. The lowest BCUT2D eigenvalue weighted by Gasteiger charge is -2.27.